The number of aryl methyl sites for hydroxylation is 1. The fraction of sp³-hybridized carbons (Fsp3) is 0.478. The normalized spacial score (nSPS) is 18.0. The molecule has 0 saturated heterocycles. The molecule has 0 atom stereocenters. The molecule has 0 N–H and O–H groups in total. The number of methoxy groups -OCH3 is 2. The van der Waals surface area contributed by atoms with E-state index in [0.717, 1.165) is 105 Å². The molecule has 106 heavy (non-hydrogen) atoms. The van der Waals surface area contributed by atoms with Crippen LogP contribution in [0.5, 0.6) is 17.2 Å². The fourth-order valence-electron chi connectivity index (χ4n) is 17.2. The Labute approximate surface area is 635 Å². The van der Waals surface area contributed by atoms with Crippen LogP contribution in [0.3, 0.4) is 0 Å². The van der Waals surface area contributed by atoms with Crippen molar-refractivity contribution in [3.63, 3.8) is 0 Å². The van der Waals surface area contributed by atoms with Gasteiger partial charge in [0.1, 0.15) is 17.2 Å². The molecule has 0 amide bonds. The van der Waals surface area contributed by atoms with Gasteiger partial charge in [0.25, 0.3) is 0 Å². The number of alkyl halides is 6. The quantitative estimate of drug-likeness (QED) is 0.0459. The van der Waals surface area contributed by atoms with E-state index in [0.29, 0.717) is 36.8 Å². The summed E-state index contributed by atoms with van der Waals surface area (Å²) < 4.78 is 126. The topological polar surface area (TPSA) is 61.8 Å². The maximum Gasteiger partial charge on any atom is 0.449 e. The van der Waals surface area contributed by atoms with Crippen molar-refractivity contribution in [2.45, 2.75) is 295 Å². The number of halogens is 6. The monoisotopic (exact) mass is 1510 g/mol. The van der Waals surface area contributed by atoms with Gasteiger partial charge in [0.15, 0.2) is 29.4 Å². The van der Waals surface area contributed by atoms with E-state index in [-0.39, 0.29) is 45.3 Å². The van der Waals surface area contributed by atoms with Crippen LogP contribution in [0.2, 0.25) is 0 Å². The van der Waals surface area contributed by atoms with Crippen LogP contribution in [-0.2, 0) is 31.9 Å². The molecule has 0 bridgehead atoms. The Kier molecular flexibility index (Phi) is 28.9. The second-order valence-corrected chi connectivity index (χ2v) is 36.2. The summed E-state index contributed by atoms with van der Waals surface area (Å²) in [6.07, 6.45) is 35.1. The highest BCUT2D eigenvalue weighted by Gasteiger charge is 2.77. The molecule has 6 aliphatic rings. The van der Waals surface area contributed by atoms with Crippen LogP contribution < -0.4 is 13.7 Å². The zero-order valence-corrected chi connectivity index (χ0v) is 65.6. The Balaban J connectivity index is 0.000000146. The van der Waals surface area contributed by atoms with Crippen molar-refractivity contribution in [2.75, 3.05) is 14.2 Å². The molecule has 6 saturated carbocycles. The third-order valence-corrected chi connectivity index (χ3v) is 29.0. The zero-order valence-electron chi connectivity index (χ0n) is 63.1. The molecule has 6 fully saturated rings. The summed E-state index contributed by atoms with van der Waals surface area (Å²) in [5.74, 6) is -7.56. The van der Waals surface area contributed by atoms with Crippen molar-refractivity contribution >= 4 is 31.9 Å². The van der Waals surface area contributed by atoms with Crippen LogP contribution >= 0.6 is 0 Å². The maximum absolute atomic E-state index is 14.7. The molecule has 6 aliphatic carbocycles. The van der Waals surface area contributed by atoms with Gasteiger partial charge in [0.05, 0.1) is 36.0 Å². The minimum atomic E-state index is -6.48. The van der Waals surface area contributed by atoms with E-state index >= 15 is 0 Å². The summed E-state index contributed by atoms with van der Waals surface area (Å²) in [4.78, 5) is 7.92. The lowest BCUT2D eigenvalue weighted by atomic mass is 9.74. The van der Waals surface area contributed by atoms with Gasteiger partial charge in [-0.2, -0.15) is 34.8 Å². The molecule has 0 radical (unpaired) electrons. The molecule has 8 aromatic carbocycles. The molecule has 14 rings (SSSR count). The first-order valence-corrected chi connectivity index (χ1v) is 43.5. The second kappa shape index (κ2) is 38.2. The van der Waals surface area contributed by atoms with Crippen LogP contribution in [0.15, 0.2) is 217 Å². The van der Waals surface area contributed by atoms with Gasteiger partial charge in [-0.15, -0.1) is 0 Å². The van der Waals surface area contributed by atoms with Crippen molar-refractivity contribution in [1.82, 2.24) is 0 Å². The van der Waals surface area contributed by atoms with Crippen molar-refractivity contribution in [3.05, 3.63) is 233 Å². The average molecular weight is 1510 g/mol. The Bertz CT molecular complexity index is 3860. The van der Waals surface area contributed by atoms with Gasteiger partial charge in [-0.25, -0.2) is 0 Å². The minimum Gasteiger partial charge on any atom is -0.497 e. The van der Waals surface area contributed by atoms with Crippen LogP contribution in [-0.4, -0.2) is 39.7 Å². The maximum atomic E-state index is 14.7. The molecule has 0 heterocycles. The first kappa shape index (κ1) is 80.4. The molecule has 568 valence electrons. The molecular formula is C92H112F6O5S3+2. The highest BCUT2D eigenvalue weighted by Crippen LogP contribution is 2.53. The van der Waals surface area contributed by atoms with Gasteiger partial charge in [-0.3, -0.25) is 0 Å². The van der Waals surface area contributed by atoms with Crippen LogP contribution in [0.4, 0.5) is 26.3 Å². The number of ether oxygens (including phenoxy) is 2. The SMILES string of the molecule is CC(F)(F)C(F)(F)C(F)(F)S(=O)(=O)Oc1c(C2CCCCC2)cc(C2CCCCC2)cc1C1CCCCC1.COc1ccc([S+](c2ccc(C)cc2)c2ccc(OC)cc2)cc1.Cc1c(C2CCCCC2)cc(C2CCCCC2)cc1C1CCCCC1.c1ccc([S+](c2ccccc2)c2ccccc2)cc1. The predicted octanol–water partition coefficient (Wildman–Crippen LogP) is 27.4. The number of rotatable bonds is 19. The van der Waals surface area contributed by atoms with Crippen molar-refractivity contribution in [3.8, 4) is 17.2 Å². The smallest absolute Gasteiger partial charge is 0.449 e. The highest BCUT2D eigenvalue weighted by molar-refractivity contribution is 7.97. The average Bonchev–Trinajstić information content (AvgIpc) is 0.734. The molecule has 8 aromatic rings. The van der Waals surface area contributed by atoms with Crippen LogP contribution in [0.25, 0.3) is 0 Å². The summed E-state index contributed by atoms with van der Waals surface area (Å²) in [7, 11) is -3.26. The van der Waals surface area contributed by atoms with Gasteiger partial charge in [-0.1, -0.05) is 212 Å². The Morgan fingerprint density at radius 2 is 0.594 bits per heavy atom. The van der Waals surface area contributed by atoms with Crippen LogP contribution in [0.1, 0.15) is 280 Å². The number of benzene rings is 8. The van der Waals surface area contributed by atoms with Gasteiger partial charge < -0.3 is 13.7 Å². The van der Waals surface area contributed by atoms with Gasteiger partial charge in [0.2, 0.25) is 0 Å². The van der Waals surface area contributed by atoms with Crippen LogP contribution in [0, 0.1) is 13.8 Å². The first-order valence-electron chi connectivity index (χ1n) is 39.6. The summed E-state index contributed by atoms with van der Waals surface area (Å²) in [6, 6.07) is 66.6. The number of hydrogen-bond donors (Lipinski definition) is 0. The van der Waals surface area contributed by atoms with E-state index in [1.165, 1.54) is 131 Å². The van der Waals surface area contributed by atoms with Crippen molar-refractivity contribution < 1.29 is 48.4 Å². The van der Waals surface area contributed by atoms with Crippen molar-refractivity contribution in [2.24, 2.45) is 0 Å². The summed E-state index contributed by atoms with van der Waals surface area (Å²) >= 11 is 0. The molecule has 0 spiro atoms. The Morgan fingerprint density at radius 1 is 0.340 bits per heavy atom. The van der Waals surface area contributed by atoms with E-state index in [1.54, 1.807) is 36.5 Å². The largest absolute Gasteiger partial charge is 0.497 e. The molecule has 5 nitrogen and oxygen atoms in total. The van der Waals surface area contributed by atoms with Crippen molar-refractivity contribution in [1.29, 1.82) is 0 Å². The second-order valence-electron chi connectivity index (χ2n) is 30.6. The van der Waals surface area contributed by atoms with E-state index in [9.17, 15) is 34.8 Å². The number of hydrogen-bond acceptors (Lipinski definition) is 5. The molecule has 14 heteroatoms. The van der Waals surface area contributed by atoms with E-state index in [4.69, 9.17) is 13.7 Å². The van der Waals surface area contributed by atoms with E-state index in [2.05, 4.69) is 166 Å². The highest BCUT2D eigenvalue weighted by atomic mass is 32.2. The molecule has 0 aliphatic heterocycles. The molecule has 0 unspecified atom stereocenters. The summed E-state index contributed by atoms with van der Waals surface area (Å²) in [5.41, 5.74) is 10.1. The minimum absolute atomic E-state index is 0.0146. The van der Waals surface area contributed by atoms with E-state index < -0.39 is 34.1 Å². The molecular weight excluding hydrogens is 1400 g/mol. The summed E-state index contributed by atoms with van der Waals surface area (Å²) in [6.45, 7) is 4.16. The Morgan fingerprint density at radius 3 is 0.877 bits per heavy atom. The fourth-order valence-corrected chi connectivity index (χ4v) is 22.3. The lowest BCUT2D eigenvalue weighted by molar-refractivity contribution is -0.272. The predicted molar refractivity (Wildman–Crippen MR) is 423 cm³/mol. The third kappa shape index (κ3) is 20.2. The van der Waals surface area contributed by atoms with Gasteiger partial charge >= 0.3 is 27.2 Å². The summed E-state index contributed by atoms with van der Waals surface area (Å²) in [5, 5.41) is -6.13. The van der Waals surface area contributed by atoms with E-state index in [1.807, 2.05) is 36.4 Å². The lowest BCUT2D eigenvalue weighted by Crippen LogP contribution is -2.57. The third-order valence-electron chi connectivity index (χ3n) is 23.2. The Hall–Kier alpha value is -6.61. The zero-order chi connectivity index (χ0) is 74.7. The standard InChI is InChI=1S/C28H38F6O3S.C25H38.C21H21O2S.C18H15S/c1-26(29,30)27(31,32)28(33,34)38(35,36)37-25-23(20-13-7-3-8-14-20)17-22(19-11-5-2-6-12-19)18-24(25)21-15-9-4-10-16-21;1-19-24(21-13-7-3-8-14-21)17-23(20-11-5-2-6-12-20)18-25(19)22-15-9-4-10-16-22;1-16-4-10-19(11-5-16)24(20-12-6-17(22-2)7-13-20)21-14-8-18(23-3)9-15-21;1-4-10-16(11-5-1)19(17-12-6-2-7-13-17)18-14-8-3-9-15-18/h17-21H,2-16H2,1H3;17-18,20-22H,2-16H2,1H3;4-15H,1-3H3;1-15H/q;;2*+1. The molecule has 0 aromatic heterocycles. The first-order chi connectivity index (χ1) is 51.2. The van der Waals surface area contributed by atoms with Gasteiger partial charge in [0, 0.05) is 6.92 Å². The lowest BCUT2D eigenvalue weighted by Gasteiger charge is -2.33. The van der Waals surface area contributed by atoms with Gasteiger partial charge in [-0.05, 0) is 262 Å².